The summed E-state index contributed by atoms with van der Waals surface area (Å²) in [6.45, 7) is 0.360. The highest BCUT2D eigenvalue weighted by Gasteiger charge is 2.14. The van der Waals surface area contributed by atoms with Crippen LogP contribution < -0.4 is 15.8 Å². The molecule has 0 saturated carbocycles. The van der Waals surface area contributed by atoms with E-state index < -0.39 is 0 Å². The van der Waals surface area contributed by atoms with E-state index in [-0.39, 0.29) is 11.6 Å². The number of rotatable bonds is 4. The molecule has 3 N–H and O–H groups in total. The molecule has 0 spiro atoms. The second-order valence-electron chi connectivity index (χ2n) is 4.10. The molecule has 6 heteroatoms. The monoisotopic (exact) mass is 260 g/mol. The number of carbonyl (C=O) groups is 1. The molecule has 0 unspecified atom stereocenters. The molecule has 1 amide bonds. The van der Waals surface area contributed by atoms with E-state index in [1.54, 1.807) is 20.4 Å². The maximum absolute atomic E-state index is 11.9. The van der Waals surface area contributed by atoms with Crippen molar-refractivity contribution in [3.05, 3.63) is 41.7 Å². The number of aromatic nitrogens is 2. The Labute approximate surface area is 111 Å². The minimum Gasteiger partial charge on any atom is -0.496 e. The van der Waals surface area contributed by atoms with Gasteiger partial charge in [0.25, 0.3) is 5.91 Å². The smallest absolute Gasteiger partial charge is 0.274 e. The molecule has 100 valence electrons. The van der Waals surface area contributed by atoms with Crippen LogP contribution in [0.1, 0.15) is 16.1 Å². The van der Waals surface area contributed by atoms with E-state index in [9.17, 15) is 4.79 Å². The molecule has 0 atom stereocenters. The Morgan fingerprint density at radius 2 is 2.21 bits per heavy atom. The molecule has 0 fully saturated rings. The van der Waals surface area contributed by atoms with E-state index >= 15 is 0 Å². The fourth-order valence-electron chi connectivity index (χ4n) is 1.79. The molecule has 1 heterocycles. The molecule has 1 aromatic carbocycles. The van der Waals surface area contributed by atoms with Crippen molar-refractivity contribution in [2.24, 2.45) is 7.05 Å². The van der Waals surface area contributed by atoms with Gasteiger partial charge < -0.3 is 15.8 Å². The summed E-state index contributed by atoms with van der Waals surface area (Å²) in [5.41, 5.74) is 7.19. The van der Waals surface area contributed by atoms with E-state index in [2.05, 4.69) is 10.4 Å². The molecular weight excluding hydrogens is 244 g/mol. The number of aryl methyl sites for hydroxylation is 1. The summed E-state index contributed by atoms with van der Waals surface area (Å²) >= 11 is 0. The van der Waals surface area contributed by atoms with Gasteiger partial charge in [-0.1, -0.05) is 18.2 Å². The van der Waals surface area contributed by atoms with E-state index in [4.69, 9.17) is 10.5 Å². The van der Waals surface area contributed by atoms with Crippen LogP contribution in [0.25, 0.3) is 0 Å². The number of nitrogens with two attached hydrogens (primary N) is 1. The first-order chi connectivity index (χ1) is 9.11. The second kappa shape index (κ2) is 5.43. The highest BCUT2D eigenvalue weighted by atomic mass is 16.5. The van der Waals surface area contributed by atoms with Gasteiger partial charge in [-0.3, -0.25) is 9.48 Å². The van der Waals surface area contributed by atoms with Crippen LogP contribution in [0.5, 0.6) is 5.75 Å². The van der Waals surface area contributed by atoms with Crippen LogP contribution in [-0.4, -0.2) is 22.8 Å². The fourth-order valence-corrected chi connectivity index (χ4v) is 1.79. The van der Waals surface area contributed by atoms with Crippen molar-refractivity contribution in [1.82, 2.24) is 15.1 Å². The van der Waals surface area contributed by atoms with Gasteiger partial charge in [0.2, 0.25) is 0 Å². The first-order valence-corrected chi connectivity index (χ1v) is 5.81. The lowest BCUT2D eigenvalue weighted by Gasteiger charge is -2.08. The van der Waals surface area contributed by atoms with Crippen LogP contribution in [0, 0.1) is 0 Å². The third kappa shape index (κ3) is 2.85. The van der Waals surface area contributed by atoms with Gasteiger partial charge in [0.1, 0.15) is 5.75 Å². The van der Waals surface area contributed by atoms with Crippen molar-refractivity contribution in [3.8, 4) is 5.75 Å². The number of nitrogens with one attached hydrogen (secondary N) is 1. The summed E-state index contributed by atoms with van der Waals surface area (Å²) in [6, 6.07) is 7.50. The zero-order valence-electron chi connectivity index (χ0n) is 10.9. The summed E-state index contributed by atoms with van der Waals surface area (Å²) in [7, 11) is 3.31. The Morgan fingerprint density at radius 3 is 2.84 bits per heavy atom. The van der Waals surface area contributed by atoms with Gasteiger partial charge in [-0.05, 0) is 6.07 Å². The zero-order valence-corrected chi connectivity index (χ0v) is 10.9. The quantitative estimate of drug-likeness (QED) is 0.857. The predicted octanol–water partition coefficient (Wildman–Crippen LogP) is 0.941. The SMILES string of the molecule is COc1ccccc1CNC(=O)c1nn(C)cc1N. The van der Waals surface area contributed by atoms with E-state index in [0.29, 0.717) is 12.2 Å². The van der Waals surface area contributed by atoms with Crippen molar-refractivity contribution in [2.75, 3.05) is 12.8 Å². The normalized spacial score (nSPS) is 10.2. The van der Waals surface area contributed by atoms with Crippen LogP contribution in [0.2, 0.25) is 0 Å². The average Bonchev–Trinajstić information content (AvgIpc) is 2.75. The largest absolute Gasteiger partial charge is 0.496 e. The molecule has 6 nitrogen and oxygen atoms in total. The number of hydrogen-bond donors (Lipinski definition) is 2. The molecule has 1 aromatic heterocycles. The van der Waals surface area contributed by atoms with Gasteiger partial charge in [-0.15, -0.1) is 0 Å². The lowest BCUT2D eigenvalue weighted by molar-refractivity contribution is 0.0946. The lowest BCUT2D eigenvalue weighted by atomic mass is 10.2. The van der Waals surface area contributed by atoms with Crippen molar-refractivity contribution < 1.29 is 9.53 Å². The second-order valence-corrected chi connectivity index (χ2v) is 4.10. The summed E-state index contributed by atoms with van der Waals surface area (Å²) in [6.07, 6.45) is 1.60. The Morgan fingerprint density at radius 1 is 1.47 bits per heavy atom. The van der Waals surface area contributed by atoms with Crippen LogP contribution in [0.15, 0.2) is 30.5 Å². The van der Waals surface area contributed by atoms with E-state index in [0.717, 1.165) is 11.3 Å². The summed E-state index contributed by atoms with van der Waals surface area (Å²) in [5.74, 6) is 0.431. The molecule has 2 aromatic rings. The zero-order chi connectivity index (χ0) is 13.8. The molecular formula is C13H16N4O2. The maximum atomic E-state index is 11.9. The molecule has 0 aliphatic rings. The average molecular weight is 260 g/mol. The molecule has 0 bridgehead atoms. The summed E-state index contributed by atoms with van der Waals surface area (Å²) in [4.78, 5) is 11.9. The number of anilines is 1. The van der Waals surface area contributed by atoms with Crippen LogP contribution in [0.3, 0.4) is 0 Å². The van der Waals surface area contributed by atoms with Gasteiger partial charge >= 0.3 is 0 Å². The Bertz CT molecular complexity index is 592. The fraction of sp³-hybridized carbons (Fsp3) is 0.231. The van der Waals surface area contributed by atoms with Gasteiger partial charge in [-0.2, -0.15) is 5.10 Å². The standard InChI is InChI=1S/C13H16N4O2/c1-17-8-10(14)12(16-17)13(18)15-7-9-5-3-4-6-11(9)19-2/h3-6,8H,7,14H2,1-2H3,(H,15,18). The number of ether oxygens (including phenoxy) is 1. The van der Waals surface area contributed by atoms with Crippen molar-refractivity contribution >= 4 is 11.6 Å². The van der Waals surface area contributed by atoms with Crippen LogP contribution in [-0.2, 0) is 13.6 Å². The predicted molar refractivity (Wildman–Crippen MR) is 71.8 cm³/mol. The van der Waals surface area contributed by atoms with E-state index in [1.807, 2.05) is 24.3 Å². The highest BCUT2D eigenvalue weighted by Crippen LogP contribution is 2.17. The van der Waals surface area contributed by atoms with Crippen molar-refractivity contribution in [2.45, 2.75) is 6.54 Å². The first kappa shape index (κ1) is 12.9. The van der Waals surface area contributed by atoms with Crippen LogP contribution >= 0.6 is 0 Å². The topological polar surface area (TPSA) is 82.2 Å². The highest BCUT2D eigenvalue weighted by molar-refractivity contribution is 5.96. The molecule has 0 aliphatic heterocycles. The number of hydrogen-bond acceptors (Lipinski definition) is 4. The number of methoxy groups -OCH3 is 1. The minimum atomic E-state index is -0.302. The van der Waals surface area contributed by atoms with E-state index in [1.165, 1.54) is 4.68 Å². The number of carbonyl (C=O) groups excluding carboxylic acids is 1. The third-order valence-electron chi connectivity index (χ3n) is 2.70. The lowest BCUT2D eigenvalue weighted by Crippen LogP contribution is -2.24. The van der Waals surface area contributed by atoms with Crippen molar-refractivity contribution in [3.63, 3.8) is 0 Å². The Kier molecular flexibility index (Phi) is 3.70. The number of nitrogens with zero attached hydrogens (tertiary/aromatic N) is 2. The van der Waals surface area contributed by atoms with Gasteiger partial charge in [0.15, 0.2) is 5.69 Å². The minimum absolute atomic E-state index is 0.234. The van der Waals surface area contributed by atoms with Crippen LogP contribution in [0.4, 0.5) is 5.69 Å². The molecule has 0 radical (unpaired) electrons. The summed E-state index contributed by atoms with van der Waals surface area (Å²) in [5, 5.41) is 6.78. The first-order valence-electron chi connectivity index (χ1n) is 5.81. The maximum Gasteiger partial charge on any atom is 0.274 e. The third-order valence-corrected chi connectivity index (χ3v) is 2.70. The summed E-state index contributed by atoms with van der Waals surface area (Å²) < 4.78 is 6.72. The molecule has 19 heavy (non-hydrogen) atoms. The number of nitrogen functional groups attached to an aromatic ring is 1. The molecule has 0 aliphatic carbocycles. The molecule has 0 saturated heterocycles. The Hall–Kier alpha value is -2.50. The number of amides is 1. The molecule has 2 rings (SSSR count). The van der Waals surface area contributed by atoms with Gasteiger partial charge in [0.05, 0.1) is 12.8 Å². The number of para-hydroxylation sites is 1. The van der Waals surface area contributed by atoms with Crippen molar-refractivity contribution in [1.29, 1.82) is 0 Å². The number of benzene rings is 1. The Balaban J connectivity index is 2.06. The van der Waals surface area contributed by atoms with Gasteiger partial charge in [0, 0.05) is 25.4 Å². The van der Waals surface area contributed by atoms with Gasteiger partial charge in [-0.25, -0.2) is 0 Å².